The predicted octanol–water partition coefficient (Wildman–Crippen LogP) is 3.09. The van der Waals surface area contributed by atoms with Crippen LogP contribution in [0.4, 0.5) is 8.78 Å². The Morgan fingerprint density at radius 2 is 2.04 bits per heavy atom. The third-order valence-electron chi connectivity index (χ3n) is 5.23. The highest BCUT2D eigenvalue weighted by Gasteiger charge is 2.63. The fourth-order valence-electron chi connectivity index (χ4n) is 3.73. The predicted molar refractivity (Wildman–Crippen MR) is 90.6 cm³/mol. The summed E-state index contributed by atoms with van der Waals surface area (Å²) in [5.41, 5.74) is 3.07. The quantitative estimate of drug-likeness (QED) is 0.769. The lowest BCUT2D eigenvalue weighted by Crippen LogP contribution is -2.42. The van der Waals surface area contributed by atoms with Gasteiger partial charge in [0, 0.05) is 30.5 Å². The summed E-state index contributed by atoms with van der Waals surface area (Å²) in [6.07, 6.45) is 1.79. The minimum Gasteiger partial charge on any atom is -0.348 e. The van der Waals surface area contributed by atoms with Crippen molar-refractivity contribution < 1.29 is 13.6 Å². The van der Waals surface area contributed by atoms with Crippen LogP contribution in [0.25, 0.3) is 10.9 Å². The summed E-state index contributed by atoms with van der Waals surface area (Å²) in [6, 6.07) is 10.9. The number of rotatable bonds is 2. The van der Waals surface area contributed by atoms with Crippen molar-refractivity contribution in [3.8, 4) is 0 Å². The first-order valence-corrected chi connectivity index (χ1v) is 8.61. The highest BCUT2D eigenvalue weighted by Crippen LogP contribution is 2.51. The zero-order valence-electron chi connectivity index (χ0n) is 13.8. The number of hydrogen-bond donors (Lipinski definition) is 1. The van der Waals surface area contributed by atoms with E-state index >= 15 is 0 Å². The molecule has 0 bridgehead atoms. The smallest absolute Gasteiger partial charge is 0.260 e. The van der Waals surface area contributed by atoms with Crippen LogP contribution in [0.2, 0.25) is 0 Å². The molecular formula is C19H16F2N4O. The average Bonchev–Trinajstić information content (AvgIpc) is 3.05. The van der Waals surface area contributed by atoms with Gasteiger partial charge >= 0.3 is 0 Å². The SMILES string of the molecule is O=C([C@@H]1CC1(F)F)N1CCc2[nH]cnc2[C@H]1c1ccc2ccccc2n1. The van der Waals surface area contributed by atoms with Crippen LogP contribution in [0, 0.1) is 5.92 Å². The van der Waals surface area contributed by atoms with E-state index in [-0.39, 0.29) is 6.42 Å². The average molecular weight is 354 g/mol. The van der Waals surface area contributed by atoms with Crippen LogP contribution in [0.5, 0.6) is 0 Å². The molecule has 26 heavy (non-hydrogen) atoms. The lowest BCUT2D eigenvalue weighted by Gasteiger charge is -2.34. The molecule has 0 saturated heterocycles. The molecule has 1 aliphatic heterocycles. The molecule has 1 N–H and O–H groups in total. The van der Waals surface area contributed by atoms with Crippen molar-refractivity contribution in [3.05, 3.63) is 59.8 Å². The zero-order chi connectivity index (χ0) is 17.9. The topological polar surface area (TPSA) is 61.9 Å². The maximum atomic E-state index is 13.5. The number of benzene rings is 1. The minimum absolute atomic E-state index is 0.367. The lowest BCUT2D eigenvalue weighted by molar-refractivity contribution is -0.137. The van der Waals surface area contributed by atoms with Gasteiger partial charge in [-0.15, -0.1) is 0 Å². The van der Waals surface area contributed by atoms with Crippen LogP contribution in [0.1, 0.15) is 29.5 Å². The number of alkyl halides is 2. The number of halogens is 2. The molecule has 132 valence electrons. The molecule has 1 fully saturated rings. The molecule has 2 aliphatic rings. The Morgan fingerprint density at radius 3 is 2.85 bits per heavy atom. The largest absolute Gasteiger partial charge is 0.348 e. The van der Waals surface area contributed by atoms with Crippen molar-refractivity contribution >= 4 is 16.8 Å². The van der Waals surface area contributed by atoms with E-state index in [1.807, 2.05) is 36.4 Å². The summed E-state index contributed by atoms with van der Waals surface area (Å²) in [5, 5.41) is 0.987. The molecule has 3 aromatic rings. The number of carbonyl (C=O) groups excluding carboxylic acids is 1. The molecule has 1 aliphatic carbocycles. The fraction of sp³-hybridized carbons (Fsp3) is 0.316. The van der Waals surface area contributed by atoms with Gasteiger partial charge in [-0.3, -0.25) is 9.78 Å². The Morgan fingerprint density at radius 1 is 1.23 bits per heavy atom. The van der Waals surface area contributed by atoms with Crippen LogP contribution < -0.4 is 0 Å². The number of hydrogen-bond acceptors (Lipinski definition) is 3. The van der Waals surface area contributed by atoms with Crippen molar-refractivity contribution in [2.24, 2.45) is 5.92 Å². The molecule has 2 atom stereocenters. The highest BCUT2D eigenvalue weighted by molar-refractivity contribution is 5.84. The number of carbonyl (C=O) groups is 1. The molecule has 3 heterocycles. The fourth-order valence-corrected chi connectivity index (χ4v) is 3.73. The highest BCUT2D eigenvalue weighted by atomic mass is 19.3. The van der Waals surface area contributed by atoms with Crippen LogP contribution in [0.15, 0.2) is 42.7 Å². The summed E-state index contributed by atoms with van der Waals surface area (Å²) < 4.78 is 27.0. The van der Waals surface area contributed by atoms with Crippen molar-refractivity contribution in [2.45, 2.75) is 24.8 Å². The summed E-state index contributed by atoms with van der Waals surface area (Å²) in [6.45, 7) is 0.375. The molecule has 5 nitrogen and oxygen atoms in total. The van der Waals surface area contributed by atoms with E-state index in [2.05, 4.69) is 9.97 Å². The summed E-state index contributed by atoms with van der Waals surface area (Å²) in [5.74, 6) is -4.61. The minimum atomic E-state index is -2.88. The number of amides is 1. The molecule has 1 saturated carbocycles. The van der Waals surface area contributed by atoms with E-state index in [4.69, 9.17) is 4.98 Å². The number of H-pyrrole nitrogens is 1. The lowest BCUT2D eigenvalue weighted by atomic mass is 9.98. The van der Waals surface area contributed by atoms with Gasteiger partial charge in [-0.05, 0) is 12.1 Å². The molecule has 1 aromatic carbocycles. The van der Waals surface area contributed by atoms with Crippen LogP contribution >= 0.6 is 0 Å². The van der Waals surface area contributed by atoms with E-state index < -0.39 is 23.8 Å². The van der Waals surface area contributed by atoms with Gasteiger partial charge in [0.1, 0.15) is 12.0 Å². The van der Waals surface area contributed by atoms with E-state index in [0.29, 0.717) is 24.4 Å². The molecule has 1 amide bonds. The van der Waals surface area contributed by atoms with Gasteiger partial charge in [0.15, 0.2) is 0 Å². The summed E-state index contributed by atoms with van der Waals surface area (Å²) >= 11 is 0. The van der Waals surface area contributed by atoms with Crippen LogP contribution in [-0.2, 0) is 11.2 Å². The maximum absolute atomic E-state index is 13.5. The summed E-state index contributed by atoms with van der Waals surface area (Å²) in [7, 11) is 0. The van der Waals surface area contributed by atoms with Crippen LogP contribution in [-0.4, -0.2) is 38.2 Å². The Balaban J connectivity index is 1.60. The van der Waals surface area contributed by atoms with E-state index in [9.17, 15) is 13.6 Å². The first kappa shape index (κ1) is 15.4. The first-order chi connectivity index (χ1) is 12.5. The number of para-hydroxylation sites is 1. The van der Waals surface area contributed by atoms with E-state index in [1.54, 1.807) is 6.33 Å². The number of fused-ring (bicyclic) bond motifs is 2. The molecular weight excluding hydrogens is 338 g/mol. The molecule has 2 aromatic heterocycles. The van der Waals surface area contributed by atoms with E-state index in [1.165, 1.54) is 4.90 Å². The number of nitrogens with zero attached hydrogens (tertiary/aromatic N) is 3. The van der Waals surface area contributed by atoms with Gasteiger partial charge in [-0.1, -0.05) is 24.3 Å². The first-order valence-electron chi connectivity index (χ1n) is 8.61. The van der Waals surface area contributed by atoms with Crippen molar-refractivity contribution in [3.63, 3.8) is 0 Å². The Labute approximate surface area is 148 Å². The molecule has 0 spiro atoms. The van der Waals surface area contributed by atoms with Gasteiger partial charge in [0.05, 0.1) is 23.2 Å². The normalized spacial score (nSPS) is 23.7. The van der Waals surface area contributed by atoms with Gasteiger partial charge in [-0.2, -0.15) is 0 Å². The second-order valence-corrected chi connectivity index (χ2v) is 6.90. The standard InChI is InChI=1S/C19H16F2N4O/c20-19(21)9-12(19)18(26)25-8-7-14-16(23-10-22-14)17(25)15-6-5-11-3-1-2-4-13(11)24-15/h1-6,10,12,17H,7-9H2,(H,22,23)/t12-,17+/m0/s1. The second kappa shape index (κ2) is 5.33. The molecule has 7 heteroatoms. The number of nitrogens with one attached hydrogen (secondary N) is 1. The zero-order valence-corrected chi connectivity index (χ0v) is 13.8. The number of aromatic amines is 1. The van der Waals surface area contributed by atoms with Gasteiger partial charge in [-0.25, -0.2) is 13.8 Å². The number of aromatic nitrogens is 3. The van der Waals surface area contributed by atoms with Crippen molar-refractivity contribution in [1.82, 2.24) is 19.9 Å². The van der Waals surface area contributed by atoms with E-state index in [0.717, 1.165) is 16.6 Å². The third-order valence-corrected chi connectivity index (χ3v) is 5.23. The molecule has 5 rings (SSSR count). The Kier molecular flexibility index (Phi) is 3.16. The molecule has 0 radical (unpaired) electrons. The Bertz CT molecular complexity index is 1020. The number of imidazole rings is 1. The maximum Gasteiger partial charge on any atom is 0.260 e. The van der Waals surface area contributed by atoms with Crippen molar-refractivity contribution in [2.75, 3.05) is 6.54 Å². The van der Waals surface area contributed by atoms with Gasteiger partial charge in [0.2, 0.25) is 5.91 Å². The van der Waals surface area contributed by atoms with Gasteiger partial charge < -0.3 is 9.88 Å². The second-order valence-electron chi connectivity index (χ2n) is 6.90. The monoisotopic (exact) mass is 354 g/mol. The third kappa shape index (κ3) is 2.30. The van der Waals surface area contributed by atoms with Gasteiger partial charge in [0.25, 0.3) is 5.92 Å². The van der Waals surface area contributed by atoms with Crippen LogP contribution in [0.3, 0.4) is 0 Å². The number of pyridine rings is 1. The molecule has 0 unspecified atom stereocenters. The Hall–Kier alpha value is -2.83. The summed E-state index contributed by atoms with van der Waals surface area (Å²) in [4.78, 5) is 26.4. The van der Waals surface area contributed by atoms with Crippen molar-refractivity contribution in [1.29, 1.82) is 0 Å².